The molecule has 2 unspecified atom stereocenters. The van der Waals surface area contributed by atoms with Crippen LogP contribution >= 0.6 is 0 Å². The lowest BCUT2D eigenvalue weighted by Gasteiger charge is -2.68. The average Bonchev–Trinajstić information content (AvgIpc) is 2.98. The molecule has 0 aromatic carbocycles. The molecule has 31 heavy (non-hydrogen) atoms. The molecule has 0 saturated heterocycles. The molecule has 0 spiro atoms. The van der Waals surface area contributed by atoms with E-state index in [0.717, 1.165) is 42.4 Å². The second kappa shape index (κ2) is 7.89. The molecule has 0 radical (unpaired) electrons. The molecule has 4 aliphatic carbocycles. The fourth-order valence-corrected chi connectivity index (χ4v) is 9.49. The van der Waals surface area contributed by atoms with Gasteiger partial charge in [0.05, 0.1) is 6.10 Å². The van der Waals surface area contributed by atoms with Gasteiger partial charge in [-0.3, -0.25) is 0 Å². The first kappa shape index (κ1) is 23.8. The van der Waals surface area contributed by atoms with Gasteiger partial charge in [0.15, 0.2) is 0 Å². The molecule has 9 atom stereocenters. The van der Waals surface area contributed by atoms with E-state index in [4.69, 9.17) is 0 Å². The summed E-state index contributed by atoms with van der Waals surface area (Å²) in [6.07, 6.45) is 15.4. The Hall–Kier alpha value is -0.300. The van der Waals surface area contributed by atoms with Crippen molar-refractivity contribution >= 4 is 0 Å². The zero-order valence-electron chi connectivity index (χ0n) is 22.1. The number of hydrogen-bond donors (Lipinski definition) is 1. The average molecular weight is 429 g/mol. The Balaban J connectivity index is 1.59. The highest BCUT2D eigenvalue weighted by Crippen LogP contribution is 2.76. The van der Waals surface area contributed by atoms with Crippen LogP contribution in [0.1, 0.15) is 120 Å². The molecule has 0 aromatic rings. The van der Waals surface area contributed by atoms with Crippen molar-refractivity contribution in [3.8, 4) is 0 Å². The Morgan fingerprint density at radius 3 is 2.23 bits per heavy atom. The standard InChI is InChI=1S/C30H52O/c1-20(2)21(3)9-10-22(4)25-14-16-29(7)26-12-11-23-19-24(31)13-15-27(23,5)30(26,8)18-17-28(25,29)6/h11,20-22,24-26,31H,9-10,12-19H2,1-8H3/t21?,22?,24-,25+,26-,27-,28+,29-,30-/m0/s1. The van der Waals surface area contributed by atoms with E-state index >= 15 is 0 Å². The van der Waals surface area contributed by atoms with Crippen LogP contribution < -0.4 is 0 Å². The SMILES string of the molecule is CC(C)C(C)CCC(C)[C@H]1CC[C@@]2(C)[C@@H]3CC=C4C[C@@H](O)CC[C@]4(C)[C@@]3(C)CC[C@]12C. The summed E-state index contributed by atoms with van der Waals surface area (Å²) in [5.74, 6) is 4.21. The molecular weight excluding hydrogens is 376 g/mol. The van der Waals surface area contributed by atoms with Gasteiger partial charge in [-0.05, 0) is 103 Å². The maximum absolute atomic E-state index is 10.4. The van der Waals surface area contributed by atoms with Gasteiger partial charge in [0, 0.05) is 0 Å². The predicted octanol–water partition coefficient (Wildman–Crippen LogP) is 8.41. The minimum atomic E-state index is -0.103. The lowest BCUT2D eigenvalue weighted by Crippen LogP contribution is -2.60. The van der Waals surface area contributed by atoms with Crippen molar-refractivity contribution in [1.82, 2.24) is 0 Å². The smallest absolute Gasteiger partial charge is 0.0577 e. The van der Waals surface area contributed by atoms with Crippen LogP contribution in [0, 0.1) is 51.2 Å². The van der Waals surface area contributed by atoms with Crippen molar-refractivity contribution in [2.24, 2.45) is 51.2 Å². The Kier molecular flexibility index (Phi) is 6.07. The summed E-state index contributed by atoms with van der Waals surface area (Å²) in [6, 6.07) is 0. The van der Waals surface area contributed by atoms with Gasteiger partial charge in [-0.1, -0.05) is 79.9 Å². The van der Waals surface area contributed by atoms with Gasteiger partial charge in [0.2, 0.25) is 0 Å². The molecular formula is C30H52O. The topological polar surface area (TPSA) is 20.2 Å². The van der Waals surface area contributed by atoms with E-state index in [2.05, 4.69) is 61.5 Å². The largest absolute Gasteiger partial charge is 0.393 e. The number of aliphatic hydroxyl groups excluding tert-OH is 1. The number of allylic oxidation sites excluding steroid dienone is 1. The van der Waals surface area contributed by atoms with E-state index in [0.29, 0.717) is 21.7 Å². The number of hydrogen-bond acceptors (Lipinski definition) is 1. The Morgan fingerprint density at radius 2 is 1.55 bits per heavy atom. The van der Waals surface area contributed by atoms with Crippen LogP contribution in [0.15, 0.2) is 11.6 Å². The maximum atomic E-state index is 10.4. The van der Waals surface area contributed by atoms with Crippen LogP contribution in [-0.2, 0) is 0 Å². The fraction of sp³-hybridized carbons (Fsp3) is 0.933. The van der Waals surface area contributed by atoms with Gasteiger partial charge in [-0.15, -0.1) is 0 Å². The highest BCUT2D eigenvalue weighted by Gasteiger charge is 2.68. The quantitative estimate of drug-likeness (QED) is 0.436. The van der Waals surface area contributed by atoms with E-state index in [-0.39, 0.29) is 6.10 Å². The van der Waals surface area contributed by atoms with Gasteiger partial charge in [0.1, 0.15) is 0 Å². The van der Waals surface area contributed by atoms with E-state index in [1.165, 1.54) is 51.4 Å². The zero-order chi connectivity index (χ0) is 22.8. The summed E-state index contributed by atoms with van der Waals surface area (Å²) in [5, 5.41) is 10.4. The van der Waals surface area contributed by atoms with Crippen LogP contribution in [0.2, 0.25) is 0 Å². The molecule has 3 fully saturated rings. The molecule has 0 aliphatic heterocycles. The monoisotopic (exact) mass is 428 g/mol. The van der Waals surface area contributed by atoms with Crippen molar-refractivity contribution in [3.05, 3.63) is 11.6 Å². The first-order valence-corrected chi connectivity index (χ1v) is 13.8. The minimum absolute atomic E-state index is 0.103. The lowest BCUT2D eigenvalue weighted by molar-refractivity contribution is -0.164. The summed E-state index contributed by atoms with van der Waals surface area (Å²) in [4.78, 5) is 0. The summed E-state index contributed by atoms with van der Waals surface area (Å²) < 4.78 is 0. The van der Waals surface area contributed by atoms with Crippen molar-refractivity contribution < 1.29 is 5.11 Å². The second-order valence-electron chi connectivity index (χ2n) is 13.9. The van der Waals surface area contributed by atoms with Crippen molar-refractivity contribution in [3.63, 3.8) is 0 Å². The van der Waals surface area contributed by atoms with Gasteiger partial charge >= 0.3 is 0 Å². The molecule has 0 aromatic heterocycles. The molecule has 1 heteroatoms. The van der Waals surface area contributed by atoms with E-state index in [1.807, 2.05) is 0 Å². The van der Waals surface area contributed by atoms with Crippen molar-refractivity contribution in [2.75, 3.05) is 0 Å². The highest BCUT2D eigenvalue weighted by atomic mass is 16.3. The van der Waals surface area contributed by atoms with E-state index in [9.17, 15) is 5.11 Å². The third-order valence-electron chi connectivity index (χ3n) is 12.7. The van der Waals surface area contributed by atoms with Gasteiger partial charge in [-0.25, -0.2) is 0 Å². The van der Waals surface area contributed by atoms with Gasteiger partial charge in [-0.2, -0.15) is 0 Å². The molecule has 178 valence electrons. The third kappa shape index (κ3) is 3.33. The lowest BCUT2D eigenvalue weighted by atomic mass is 9.36. The van der Waals surface area contributed by atoms with Crippen molar-refractivity contribution in [2.45, 2.75) is 126 Å². The summed E-state index contributed by atoms with van der Waals surface area (Å²) in [5.41, 5.74) is 3.26. The molecule has 0 heterocycles. The van der Waals surface area contributed by atoms with Crippen LogP contribution in [-0.4, -0.2) is 11.2 Å². The van der Waals surface area contributed by atoms with E-state index < -0.39 is 0 Å². The molecule has 4 rings (SSSR count). The Labute approximate surface area is 193 Å². The minimum Gasteiger partial charge on any atom is -0.393 e. The maximum Gasteiger partial charge on any atom is 0.0577 e. The normalized spacial score (nSPS) is 49.1. The first-order chi connectivity index (χ1) is 14.4. The molecule has 3 saturated carbocycles. The first-order valence-electron chi connectivity index (χ1n) is 13.8. The molecule has 1 nitrogen and oxygen atoms in total. The van der Waals surface area contributed by atoms with Gasteiger partial charge in [0.25, 0.3) is 0 Å². The van der Waals surface area contributed by atoms with Crippen LogP contribution in [0.3, 0.4) is 0 Å². The zero-order valence-corrected chi connectivity index (χ0v) is 22.1. The fourth-order valence-electron chi connectivity index (χ4n) is 9.49. The molecule has 1 N–H and O–H groups in total. The second-order valence-corrected chi connectivity index (χ2v) is 13.9. The molecule has 0 amide bonds. The Bertz CT molecular complexity index is 707. The summed E-state index contributed by atoms with van der Waals surface area (Å²) in [7, 11) is 0. The Morgan fingerprint density at radius 1 is 0.871 bits per heavy atom. The number of fused-ring (bicyclic) bond motifs is 5. The molecule has 4 aliphatic rings. The predicted molar refractivity (Wildman–Crippen MR) is 133 cm³/mol. The van der Waals surface area contributed by atoms with Crippen LogP contribution in [0.5, 0.6) is 0 Å². The highest BCUT2D eigenvalue weighted by molar-refractivity contribution is 5.30. The van der Waals surface area contributed by atoms with Crippen LogP contribution in [0.4, 0.5) is 0 Å². The van der Waals surface area contributed by atoms with Gasteiger partial charge < -0.3 is 5.11 Å². The summed E-state index contributed by atoms with van der Waals surface area (Å²) >= 11 is 0. The van der Waals surface area contributed by atoms with E-state index in [1.54, 1.807) is 5.57 Å². The third-order valence-corrected chi connectivity index (χ3v) is 12.7. The van der Waals surface area contributed by atoms with Crippen LogP contribution in [0.25, 0.3) is 0 Å². The van der Waals surface area contributed by atoms with Crippen molar-refractivity contribution in [1.29, 1.82) is 0 Å². The molecule has 0 bridgehead atoms. The number of aliphatic hydroxyl groups is 1. The number of rotatable bonds is 5. The summed E-state index contributed by atoms with van der Waals surface area (Å²) in [6.45, 7) is 20.5.